The molecule has 13 heteroatoms. The molecular formula is C43H47FN8O4. The maximum atomic E-state index is 14.3. The number of pyridine rings is 1. The quantitative estimate of drug-likeness (QED) is 0.103. The van der Waals surface area contributed by atoms with E-state index < -0.39 is 24.1 Å². The number of hydrogen-bond acceptors (Lipinski definition) is 7. The van der Waals surface area contributed by atoms with Crippen molar-refractivity contribution < 1.29 is 23.5 Å². The number of aromatic amines is 2. The molecule has 2 aromatic carbocycles. The molecule has 290 valence electrons. The van der Waals surface area contributed by atoms with Crippen LogP contribution in [0, 0.1) is 29.6 Å². The maximum Gasteiger partial charge on any atom is 0.407 e. The van der Waals surface area contributed by atoms with E-state index >= 15 is 0 Å². The number of ether oxygens (including phenoxy) is 1. The summed E-state index contributed by atoms with van der Waals surface area (Å²) in [7, 11) is 1.29. The summed E-state index contributed by atoms with van der Waals surface area (Å²) < 4.78 is 19.0. The van der Waals surface area contributed by atoms with E-state index in [-0.39, 0.29) is 35.6 Å². The van der Waals surface area contributed by atoms with Crippen LogP contribution in [0.1, 0.15) is 81.7 Å². The van der Waals surface area contributed by atoms with Crippen molar-refractivity contribution in [1.82, 2.24) is 40.5 Å². The average molecular weight is 759 g/mol. The molecule has 56 heavy (non-hydrogen) atoms. The third kappa shape index (κ3) is 6.94. The number of imidazole rings is 2. The van der Waals surface area contributed by atoms with Crippen LogP contribution in [0.2, 0.25) is 0 Å². The number of benzene rings is 2. The van der Waals surface area contributed by atoms with Gasteiger partial charge in [-0.05, 0) is 78.7 Å². The number of nitrogens with zero attached hydrogens (tertiary/aromatic N) is 4. The molecule has 1 saturated heterocycles. The molecule has 0 bridgehead atoms. The average Bonchev–Trinajstić information content (AvgIpc) is 3.99. The van der Waals surface area contributed by atoms with E-state index in [9.17, 15) is 18.8 Å². The van der Waals surface area contributed by atoms with Crippen molar-refractivity contribution in [3.63, 3.8) is 0 Å². The Bertz CT molecular complexity index is 2220. The number of halogens is 1. The number of likely N-dealkylation sites (tertiary alicyclic amines) is 1. The molecule has 2 aliphatic carbocycles. The molecule has 3 amide bonds. The van der Waals surface area contributed by atoms with Gasteiger partial charge >= 0.3 is 6.09 Å². The molecule has 0 radical (unpaired) electrons. The number of amides is 3. The topological polar surface area (TPSA) is 158 Å². The molecule has 4 heterocycles. The lowest BCUT2D eigenvalue weighted by Gasteiger charge is -2.57. The van der Waals surface area contributed by atoms with Gasteiger partial charge in [0.05, 0.1) is 48.9 Å². The highest BCUT2D eigenvalue weighted by Gasteiger charge is 2.59. The third-order valence-corrected chi connectivity index (χ3v) is 12.1. The van der Waals surface area contributed by atoms with Crippen molar-refractivity contribution in [1.29, 1.82) is 0 Å². The predicted octanol–water partition coefficient (Wildman–Crippen LogP) is 7.33. The fourth-order valence-electron chi connectivity index (χ4n) is 8.85. The SMILES string of the molecule is COC(=O)N[C@H](C(=O)N1CCC[C@H]1c1ncc(-c2ccc(-c3ccc(-c4cnc([C@H]5[C@H](C(=O)N[C@H](C)c6cccnc6F)C6CC[C@@H]65)[nH]4)cc3)cc2)[nH]1)C(C)C. The van der Waals surface area contributed by atoms with Crippen LogP contribution in [-0.2, 0) is 14.3 Å². The van der Waals surface area contributed by atoms with Gasteiger partial charge in [0.2, 0.25) is 17.8 Å². The second kappa shape index (κ2) is 15.4. The van der Waals surface area contributed by atoms with E-state index in [0.29, 0.717) is 23.9 Å². The minimum absolute atomic E-state index is 0.00402. The van der Waals surface area contributed by atoms with Crippen molar-refractivity contribution >= 4 is 17.9 Å². The monoisotopic (exact) mass is 758 g/mol. The van der Waals surface area contributed by atoms with Crippen LogP contribution in [0.5, 0.6) is 0 Å². The predicted molar refractivity (Wildman–Crippen MR) is 208 cm³/mol. The summed E-state index contributed by atoms with van der Waals surface area (Å²) in [5, 5.41) is 5.73. The second-order valence-electron chi connectivity index (χ2n) is 15.6. The number of carbonyl (C=O) groups is 3. The lowest BCUT2D eigenvalue weighted by atomic mass is 9.46. The fourth-order valence-corrected chi connectivity index (χ4v) is 8.85. The molecule has 3 fully saturated rings. The number of alkyl carbamates (subject to hydrolysis) is 1. The van der Waals surface area contributed by atoms with E-state index in [4.69, 9.17) is 9.72 Å². The highest BCUT2D eigenvalue weighted by atomic mass is 19.1. The number of carbonyl (C=O) groups excluding carboxylic acids is 3. The Balaban J connectivity index is 0.912. The molecule has 4 N–H and O–H groups in total. The zero-order valence-electron chi connectivity index (χ0n) is 32.0. The van der Waals surface area contributed by atoms with Crippen LogP contribution in [0.4, 0.5) is 9.18 Å². The van der Waals surface area contributed by atoms with Crippen molar-refractivity contribution in [2.45, 2.75) is 70.5 Å². The second-order valence-corrected chi connectivity index (χ2v) is 15.6. The highest BCUT2D eigenvalue weighted by Crippen LogP contribution is 2.62. The van der Waals surface area contributed by atoms with Gasteiger partial charge in [0.25, 0.3) is 0 Å². The Labute approximate surface area is 325 Å². The number of hydrogen-bond donors (Lipinski definition) is 4. The van der Waals surface area contributed by atoms with Gasteiger partial charge in [-0.2, -0.15) is 4.39 Å². The number of H-pyrrole nitrogens is 2. The van der Waals surface area contributed by atoms with Gasteiger partial charge in [-0.1, -0.05) is 68.4 Å². The van der Waals surface area contributed by atoms with Crippen LogP contribution in [0.25, 0.3) is 33.6 Å². The standard InChI is InChI=1S/C43H47FN8O4/c1-23(2)37(51-43(55)56-4)42(54)52-20-6-8-34(52)39-46-21-32(49-39)27-13-9-25(10-14-27)26-11-15-28(16-12-26)33-22-47-40(50-33)35-30-17-18-31(30)36(35)41(53)48-24(3)29-7-5-19-45-38(29)44/h5,7,9-16,19,21-24,30-31,34-37H,6,8,17-18,20H2,1-4H3,(H,46,49)(H,47,50)(H,48,53)(H,51,55)/t24-,30+,31?,34+,35-,36-,37+/m1/s1. The molecule has 1 unspecified atom stereocenters. The fraction of sp³-hybridized carbons (Fsp3) is 0.395. The summed E-state index contributed by atoms with van der Waals surface area (Å²) in [6.07, 6.45) is 8.16. The van der Waals surface area contributed by atoms with Gasteiger partial charge in [0.1, 0.15) is 17.7 Å². The number of fused-ring (bicyclic) bond motifs is 1. The molecule has 2 saturated carbocycles. The van der Waals surface area contributed by atoms with Gasteiger partial charge < -0.3 is 30.2 Å². The summed E-state index contributed by atoms with van der Waals surface area (Å²) >= 11 is 0. The van der Waals surface area contributed by atoms with E-state index in [2.05, 4.69) is 79.1 Å². The number of nitrogens with one attached hydrogen (secondary N) is 4. The first-order chi connectivity index (χ1) is 27.1. The number of methoxy groups -OCH3 is 1. The first kappa shape index (κ1) is 37.1. The Morgan fingerprint density at radius 3 is 2.00 bits per heavy atom. The minimum atomic E-state index is -0.686. The van der Waals surface area contributed by atoms with E-state index in [0.717, 1.165) is 71.0 Å². The zero-order chi connectivity index (χ0) is 39.1. The molecule has 7 atom stereocenters. The Hall–Kier alpha value is -5.85. The smallest absolute Gasteiger partial charge is 0.407 e. The molecule has 3 aromatic heterocycles. The Morgan fingerprint density at radius 2 is 1.41 bits per heavy atom. The van der Waals surface area contributed by atoms with Crippen LogP contribution < -0.4 is 10.6 Å². The van der Waals surface area contributed by atoms with Crippen molar-refractivity contribution in [3.05, 3.63) is 102 Å². The first-order valence-electron chi connectivity index (χ1n) is 19.5. The number of rotatable bonds is 11. The van der Waals surface area contributed by atoms with Gasteiger partial charge in [0, 0.05) is 24.2 Å². The van der Waals surface area contributed by atoms with Crippen molar-refractivity contribution in [2.75, 3.05) is 13.7 Å². The van der Waals surface area contributed by atoms with E-state index in [1.807, 2.05) is 24.9 Å². The molecule has 8 rings (SSSR count). The maximum absolute atomic E-state index is 14.3. The van der Waals surface area contributed by atoms with Crippen LogP contribution >= 0.6 is 0 Å². The van der Waals surface area contributed by atoms with Gasteiger partial charge in [-0.15, -0.1) is 0 Å². The van der Waals surface area contributed by atoms with Crippen molar-refractivity contribution in [2.24, 2.45) is 23.7 Å². The summed E-state index contributed by atoms with van der Waals surface area (Å²) in [4.78, 5) is 60.9. The third-order valence-electron chi connectivity index (χ3n) is 12.1. The summed E-state index contributed by atoms with van der Waals surface area (Å²) in [5.74, 6) is 1.24. The normalized spacial score (nSPS) is 22.4. The molecule has 5 aromatic rings. The summed E-state index contributed by atoms with van der Waals surface area (Å²) in [5.41, 5.74) is 6.25. The minimum Gasteiger partial charge on any atom is -0.453 e. The van der Waals surface area contributed by atoms with Crippen LogP contribution in [0.15, 0.2) is 79.3 Å². The van der Waals surface area contributed by atoms with Crippen molar-refractivity contribution in [3.8, 4) is 33.6 Å². The zero-order valence-corrected chi connectivity index (χ0v) is 32.0. The first-order valence-corrected chi connectivity index (χ1v) is 19.5. The largest absolute Gasteiger partial charge is 0.453 e. The van der Waals surface area contributed by atoms with E-state index in [1.165, 1.54) is 13.3 Å². The van der Waals surface area contributed by atoms with E-state index in [1.54, 1.807) is 25.3 Å². The van der Waals surface area contributed by atoms with Crippen LogP contribution in [-0.4, -0.2) is 67.4 Å². The van der Waals surface area contributed by atoms with Crippen LogP contribution in [0.3, 0.4) is 0 Å². The summed E-state index contributed by atoms with van der Waals surface area (Å²) in [6, 6.07) is 18.6. The lowest BCUT2D eigenvalue weighted by Crippen LogP contribution is -2.57. The molecule has 0 spiro atoms. The number of aromatic nitrogens is 5. The van der Waals surface area contributed by atoms with Gasteiger partial charge in [-0.25, -0.2) is 19.7 Å². The van der Waals surface area contributed by atoms with Gasteiger partial charge in [0.15, 0.2) is 0 Å². The molecular weight excluding hydrogens is 712 g/mol. The molecule has 1 aliphatic heterocycles. The molecule has 3 aliphatic rings. The highest BCUT2D eigenvalue weighted by molar-refractivity contribution is 5.86. The Kier molecular flexibility index (Phi) is 10.2. The summed E-state index contributed by atoms with van der Waals surface area (Å²) in [6.45, 7) is 6.19. The molecule has 12 nitrogen and oxygen atoms in total. The van der Waals surface area contributed by atoms with Gasteiger partial charge in [-0.3, -0.25) is 9.59 Å². The Morgan fingerprint density at radius 1 is 0.804 bits per heavy atom. The lowest BCUT2D eigenvalue weighted by molar-refractivity contribution is -0.146.